The first-order valence-electron chi connectivity index (χ1n) is 10.0. The second kappa shape index (κ2) is 8.42. The zero-order valence-electron chi connectivity index (χ0n) is 17.9. The molecule has 2 aromatic heterocycles. The van der Waals surface area contributed by atoms with E-state index in [4.69, 9.17) is 4.99 Å². The molecule has 0 saturated heterocycles. The van der Waals surface area contributed by atoms with E-state index in [0.29, 0.717) is 35.3 Å². The van der Waals surface area contributed by atoms with E-state index in [-0.39, 0.29) is 0 Å². The highest BCUT2D eigenvalue weighted by molar-refractivity contribution is 6.49. The van der Waals surface area contributed by atoms with E-state index in [1.807, 2.05) is 19.1 Å². The lowest BCUT2D eigenvalue weighted by molar-refractivity contribution is -0.113. The van der Waals surface area contributed by atoms with Crippen molar-refractivity contribution >= 4 is 29.3 Å². The van der Waals surface area contributed by atoms with Crippen molar-refractivity contribution in [3.63, 3.8) is 0 Å². The summed E-state index contributed by atoms with van der Waals surface area (Å²) in [6, 6.07) is 6.12. The monoisotopic (exact) mass is 417 g/mol. The second-order valence-corrected chi connectivity index (χ2v) is 6.99. The molecule has 1 amide bonds. The predicted octanol–water partition coefficient (Wildman–Crippen LogP) is 2.27. The van der Waals surface area contributed by atoms with E-state index < -0.39 is 0 Å². The summed E-state index contributed by atoms with van der Waals surface area (Å²) >= 11 is 0. The van der Waals surface area contributed by atoms with Crippen molar-refractivity contribution < 1.29 is 4.79 Å². The SMILES string of the molecule is CCN(CC)c1ccc(N=C2C(N(C)C=O)=Nn3c2nnc3-c2cnccn2)c(C)c1. The zero-order valence-corrected chi connectivity index (χ0v) is 17.9. The van der Waals surface area contributed by atoms with Crippen molar-refractivity contribution in [3.05, 3.63) is 48.2 Å². The molecule has 1 aromatic carbocycles. The van der Waals surface area contributed by atoms with Crippen LogP contribution in [0.4, 0.5) is 11.4 Å². The summed E-state index contributed by atoms with van der Waals surface area (Å²) in [6.07, 6.45) is 5.43. The molecule has 3 aromatic rings. The standard InChI is InChI=1S/C21H23N9O/c1-5-29(6-2)15-7-8-16(14(3)11-15)24-18-20-26-25-19(17-12-22-9-10-23-17)30(20)27-21(18)28(4)13-31/h7-13H,5-6H2,1-4H3. The van der Waals surface area contributed by atoms with Gasteiger partial charge in [0.2, 0.25) is 18.1 Å². The highest BCUT2D eigenvalue weighted by Gasteiger charge is 2.31. The number of fused-ring (bicyclic) bond motifs is 1. The molecule has 4 rings (SSSR count). The summed E-state index contributed by atoms with van der Waals surface area (Å²) in [7, 11) is 1.62. The lowest BCUT2D eigenvalue weighted by atomic mass is 10.1. The lowest BCUT2D eigenvalue weighted by Gasteiger charge is -2.21. The number of carbonyl (C=O) groups is 1. The molecule has 10 heteroatoms. The van der Waals surface area contributed by atoms with Crippen LogP contribution >= 0.6 is 0 Å². The van der Waals surface area contributed by atoms with Crippen molar-refractivity contribution in [2.75, 3.05) is 25.0 Å². The van der Waals surface area contributed by atoms with Gasteiger partial charge in [-0.1, -0.05) is 0 Å². The molecule has 0 fully saturated rings. The molecule has 0 N–H and O–H groups in total. The molecule has 1 aliphatic heterocycles. The first kappa shape index (κ1) is 20.3. The molecule has 0 radical (unpaired) electrons. The van der Waals surface area contributed by atoms with Crippen LogP contribution in [-0.2, 0) is 4.79 Å². The van der Waals surface area contributed by atoms with Gasteiger partial charge >= 0.3 is 0 Å². The minimum absolute atomic E-state index is 0.386. The fourth-order valence-electron chi connectivity index (χ4n) is 3.40. The fraction of sp³-hybridized carbons (Fsp3) is 0.286. The van der Waals surface area contributed by atoms with Crippen molar-refractivity contribution in [1.82, 2.24) is 29.7 Å². The van der Waals surface area contributed by atoms with Gasteiger partial charge in [-0.05, 0) is 44.5 Å². The van der Waals surface area contributed by atoms with Crippen LogP contribution < -0.4 is 4.90 Å². The van der Waals surface area contributed by atoms with Crippen molar-refractivity contribution in [3.8, 4) is 11.5 Å². The molecular formula is C21H23N9O. The Morgan fingerprint density at radius 2 is 1.90 bits per heavy atom. The Bertz CT molecular complexity index is 1160. The van der Waals surface area contributed by atoms with Crippen LogP contribution in [0.25, 0.3) is 11.5 Å². The Morgan fingerprint density at radius 1 is 1.13 bits per heavy atom. The molecule has 0 unspecified atom stereocenters. The molecule has 0 spiro atoms. The summed E-state index contributed by atoms with van der Waals surface area (Å²) in [5.74, 6) is 1.26. The topological polar surface area (TPSA) is 105 Å². The average Bonchev–Trinajstić information content (AvgIpc) is 3.36. The number of nitrogens with zero attached hydrogens (tertiary/aromatic N) is 9. The van der Waals surface area contributed by atoms with Gasteiger partial charge in [0.25, 0.3) is 0 Å². The number of amidine groups is 1. The van der Waals surface area contributed by atoms with E-state index >= 15 is 0 Å². The Labute approximate surface area is 180 Å². The number of aryl methyl sites for hydroxylation is 1. The van der Waals surface area contributed by atoms with Crippen LogP contribution in [-0.4, -0.2) is 67.8 Å². The minimum atomic E-state index is 0.386. The van der Waals surface area contributed by atoms with Crippen LogP contribution in [0.5, 0.6) is 0 Å². The van der Waals surface area contributed by atoms with Gasteiger partial charge < -0.3 is 4.90 Å². The van der Waals surface area contributed by atoms with E-state index in [0.717, 1.165) is 30.0 Å². The minimum Gasteiger partial charge on any atom is -0.372 e. The molecule has 158 valence electrons. The number of aromatic nitrogens is 5. The second-order valence-electron chi connectivity index (χ2n) is 6.99. The van der Waals surface area contributed by atoms with Gasteiger partial charge in [0.05, 0.1) is 11.9 Å². The third-order valence-electron chi connectivity index (χ3n) is 5.08. The summed E-state index contributed by atoms with van der Waals surface area (Å²) in [5.41, 5.74) is 3.92. The summed E-state index contributed by atoms with van der Waals surface area (Å²) in [4.78, 5) is 28.3. The largest absolute Gasteiger partial charge is 0.372 e. The number of likely N-dealkylation sites (N-methyl/N-ethyl adjacent to an activating group) is 1. The van der Waals surface area contributed by atoms with Gasteiger partial charge in [0.15, 0.2) is 11.5 Å². The molecule has 0 saturated carbocycles. The molecule has 3 heterocycles. The van der Waals surface area contributed by atoms with E-state index in [1.165, 1.54) is 9.58 Å². The quantitative estimate of drug-likeness (QED) is 0.570. The maximum atomic E-state index is 11.5. The Morgan fingerprint density at radius 3 is 2.55 bits per heavy atom. The van der Waals surface area contributed by atoms with Crippen molar-refractivity contribution in [1.29, 1.82) is 0 Å². The zero-order chi connectivity index (χ0) is 22.0. The number of hydrogen-bond acceptors (Lipinski definition) is 8. The number of aliphatic imine (C=N–C) groups is 1. The van der Waals surface area contributed by atoms with Gasteiger partial charge in [0, 0.05) is 38.2 Å². The third kappa shape index (κ3) is 3.67. The van der Waals surface area contributed by atoms with Crippen LogP contribution in [0.2, 0.25) is 0 Å². The maximum absolute atomic E-state index is 11.5. The first-order valence-corrected chi connectivity index (χ1v) is 10.0. The number of amides is 1. The molecule has 10 nitrogen and oxygen atoms in total. The Kier molecular flexibility index (Phi) is 5.52. The van der Waals surface area contributed by atoms with Gasteiger partial charge in [-0.15, -0.1) is 15.3 Å². The lowest BCUT2D eigenvalue weighted by Crippen LogP contribution is -2.31. The van der Waals surface area contributed by atoms with Crippen LogP contribution in [0.3, 0.4) is 0 Å². The molecular weight excluding hydrogens is 394 g/mol. The van der Waals surface area contributed by atoms with Crippen LogP contribution in [0.1, 0.15) is 25.2 Å². The van der Waals surface area contributed by atoms with Crippen molar-refractivity contribution in [2.45, 2.75) is 20.8 Å². The number of hydrogen-bond donors (Lipinski definition) is 0. The van der Waals surface area contributed by atoms with E-state index in [2.05, 4.69) is 50.1 Å². The highest BCUT2D eigenvalue weighted by Crippen LogP contribution is 2.28. The van der Waals surface area contributed by atoms with Crippen molar-refractivity contribution in [2.24, 2.45) is 10.1 Å². The van der Waals surface area contributed by atoms with Crippen LogP contribution in [0, 0.1) is 6.92 Å². The van der Waals surface area contributed by atoms with Crippen LogP contribution in [0.15, 0.2) is 46.9 Å². The number of carbonyl (C=O) groups excluding carboxylic acids is 1. The predicted molar refractivity (Wildman–Crippen MR) is 119 cm³/mol. The molecule has 0 bridgehead atoms. The summed E-state index contributed by atoms with van der Waals surface area (Å²) in [5, 5.41) is 13.0. The summed E-state index contributed by atoms with van der Waals surface area (Å²) in [6.45, 7) is 8.13. The average molecular weight is 417 g/mol. The molecule has 0 aliphatic carbocycles. The van der Waals surface area contributed by atoms with E-state index in [1.54, 1.807) is 25.6 Å². The molecule has 1 aliphatic rings. The first-order chi connectivity index (χ1) is 15.1. The number of anilines is 1. The summed E-state index contributed by atoms with van der Waals surface area (Å²) < 4.78 is 1.54. The maximum Gasteiger partial charge on any atom is 0.215 e. The molecule has 31 heavy (non-hydrogen) atoms. The third-order valence-corrected chi connectivity index (χ3v) is 5.08. The van der Waals surface area contributed by atoms with E-state index in [9.17, 15) is 4.79 Å². The van der Waals surface area contributed by atoms with Gasteiger partial charge in [-0.3, -0.25) is 14.7 Å². The number of rotatable bonds is 6. The normalized spacial score (nSPS) is 13.8. The number of benzene rings is 1. The highest BCUT2D eigenvalue weighted by atomic mass is 16.1. The molecule has 0 atom stereocenters. The Hall–Kier alpha value is -3.95. The Balaban J connectivity index is 1.80. The van der Waals surface area contributed by atoms with Gasteiger partial charge in [0.1, 0.15) is 5.69 Å². The van der Waals surface area contributed by atoms with Gasteiger partial charge in [-0.25, -0.2) is 9.98 Å². The smallest absolute Gasteiger partial charge is 0.215 e. The fourth-order valence-corrected chi connectivity index (χ4v) is 3.40. The van der Waals surface area contributed by atoms with Gasteiger partial charge in [-0.2, -0.15) is 4.68 Å².